The van der Waals surface area contributed by atoms with Crippen LogP contribution in [0.25, 0.3) is 0 Å². The molecule has 0 spiro atoms. The number of sulfonamides is 1. The van der Waals surface area contributed by atoms with E-state index < -0.39 is 16.0 Å². The molecule has 1 saturated carbocycles. The van der Waals surface area contributed by atoms with Crippen LogP contribution in [0.4, 0.5) is 0 Å². The summed E-state index contributed by atoms with van der Waals surface area (Å²) in [4.78, 5) is 24.9. The zero-order valence-electron chi connectivity index (χ0n) is 14.8. The number of aryl methyl sites for hydroxylation is 1. The number of nitrogens with zero attached hydrogens (tertiary/aromatic N) is 1. The Balaban J connectivity index is 1.65. The smallest absolute Gasteiger partial charge is 0.317 e. The van der Waals surface area contributed by atoms with E-state index in [1.54, 1.807) is 12.1 Å². The summed E-state index contributed by atoms with van der Waals surface area (Å²) in [7, 11) is -3.69. The van der Waals surface area contributed by atoms with E-state index >= 15 is 0 Å². The van der Waals surface area contributed by atoms with Gasteiger partial charge in [0.1, 0.15) is 0 Å². The highest BCUT2D eigenvalue weighted by Gasteiger charge is 2.36. The minimum absolute atomic E-state index is 0.000679. The minimum atomic E-state index is -3.69. The minimum Gasteiger partial charge on any atom is -0.480 e. The number of nitrogens with one attached hydrogen (secondary N) is 1. The standard InChI is InChI=1S/C18H24N2O5S/c1-2-20(11-18(22)23)14-8-13(9-14)19-26(24,25)15-7-6-12-4-3-5-17(21)16(12)10-15/h6-7,10,13-14,19H,2-5,8-9,11H2,1H3,(H,22,23). The van der Waals surface area contributed by atoms with E-state index in [2.05, 4.69) is 4.72 Å². The molecule has 1 fully saturated rings. The van der Waals surface area contributed by atoms with Crippen LogP contribution in [0, 0.1) is 0 Å². The average Bonchev–Trinajstić information content (AvgIpc) is 2.56. The Hall–Kier alpha value is -1.77. The van der Waals surface area contributed by atoms with E-state index in [0.29, 0.717) is 31.4 Å². The molecule has 1 aromatic rings. The fourth-order valence-electron chi connectivity index (χ4n) is 3.72. The number of benzene rings is 1. The van der Waals surface area contributed by atoms with Crippen LogP contribution in [0.1, 0.15) is 48.5 Å². The van der Waals surface area contributed by atoms with E-state index in [1.807, 2.05) is 11.8 Å². The largest absolute Gasteiger partial charge is 0.480 e. The molecule has 26 heavy (non-hydrogen) atoms. The van der Waals surface area contributed by atoms with Crippen LogP contribution in [0.2, 0.25) is 0 Å². The van der Waals surface area contributed by atoms with Gasteiger partial charge < -0.3 is 5.11 Å². The zero-order valence-corrected chi connectivity index (χ0v) is 15.6. The first-order chi connectivity index (χ1) is 12.3. The third kappa shape index (κ3) is 3.97. The Labute approximate surface area is 153 Å². The number of carboxylic acid groups (broad SMARTS) is 1. The third-order valence-corrected chi connectivity index (χ3v) is 6.76. The number of aliphatic carboxylic acids is 1. The van der Waals surface area contributed by atoms with Crippen molar-refractivity contribution in [3.05, 3.63) is 29.3 Å². The molecule has 8 heteroatoms. The number of hydrogen-bond acceptors (Lipinski definition) is 5. The first-order valence-corrected chi connectivity index (χ1v) is 10.4. The van der Waals surface area contributed by atoms with Crippen LogP contribution in [0.3, 0.4) is 0 Å². The quantitative estimate of drug-likeness (QED) is 0.741. The number of rotatable bonds is 7. The summed E-state index contributed by atoms with van der Waals surface area (Å²) in [5.41, 5.74) is 1.43. The molecule has 0 amide bonds. The van der Waals surface area contributed by atoms with Gasteiger partial charge in [-0.3, -0.25) is 14.5 Å². The molecule has 142 valence electrons. The summed E-state index contributed by atoms with van der Waals surface area (Å²) in [5.74, 6) is -0.881. The molecule has 0 bridgehead atoms. The highest BCUT2D eigenvalue weighted by molar-refractivity contribution is 7.89. The van der Waals surface area contributed by atoms with Crippen molar-refractivity contribution in [2.45, 2.75) is 56.0 Å². The molecular formula is C18H24N2O5S. The van der Waals surface area contributed by atoms with Crippen molar-refractivity contribution in [2.75, 3.05) is 13.1 Å². The second-order valence-corrected chi connectivity index (χ2v) is 8.71. The molecule has 2 aliphatic rings. The maximum absolute atomic E-state index is 12.6. The van der Waals surface area contributed by atoms with Gasteiger partial charge in [0.2, 0.25) is 10.0 Å². The fraction of sp³-hybridized carbons (Fsp3) is 0.556. The monoisotopic (exact) mass is 380 g/mol. The first-order valence-electron chi connectivity index (χ1n) is 8.94. The lowest BCUT2D eigenvalue weighted by Crippen LogP contribution is -2.54. The number of carboxylic acids is 1. The molecule has 1 aromatic carbocycles. The normalized spacial score (nSPS) is 22.8. The molecule has 0 radical (unpaired) electrons. The van der Waals surface area contributed by atoms with Crippen LogP contribution in [-0.4, -0.2) is 55.3 Å². The van der Waals surface area contributed by atoms with Crippen molar-refractivity contribution in [3.8, 4) is 0 Å². The molecule has 0 saturated heterocycles. The number of Topliss-reactive ketones (excluding diaryl/α,β-unsaturated/α-hetero) is 1. The van der Waals surface area contributed by atoms with Crippen molar-refractivity contribution in [3.63, 3.8) is 0 Å². The maximum Gasteiger partial charge on any atom is 0.317 e. The molecule has 3 rings (SSSR count). The van der Waals surface area contributed by atoms with Gasteiger partial charge >= 0.3 is 5.97 Å². The Bertz CT molecular complexity index is 815. The number of carbonyl (C=O) groups is 2. The Morgan fingerprint density at radius 1 is 1.31 bits per heavy atom. The number of likely N-dealkylation sites (N-methyl/N-ethyl adjacent to an activating group) is 1. The van der Waals surface area contributed by atoms with Crippen molar-refractivity contribution in [1.29, 1.82) is 0 Å². The third-order valence-electron chi connectivity index (χ3n) is 5.24. The predicted molar refractivity (Wildman–Crippen MR) is 95.7 cm³/mol. The van der Waals surface area contributed by atoms with Crippen LogP contribution >= 0.6 is 0 Å². The number of fused-ring (bicyclic) bond motifs is 1. The van der Waals surface area contributed by atoms with Gasteiger partial charge in [0.05, 0.1) is 11.4 Å². The second kappa shape index (κ2) is 7.46. The average molecular weight is 380 g/mol. The van der Waals surface area contributed by atoms with Crippen LogP contribution in [0.5, 0.6) is 0 Å². The summed E-state index contributed by atoms with van der Waals surface area (Å²) in [6.45, 7) is 2.47. The van der Waals surface area contributed by atoms with Crippen molar-refractivity contribution in [1.82, 2.24) is 9.62 Å². The molecule has 0 heterocycles. The molecular weight excluding hydrogens is 356 g/mol. The zero-order chi connectivity index (χ0) is 18.9. The van der Waals surface area contributed by atoms with Crippen LogP contribution in [-0.2, 0) is 21.2 Å². The second-order valence-electron chi connectivity index (χ2n) is 7.00. The fourth-order valence-corrected chi connectivity index (χ4v) is 5.00. The topological polar surface area (TPSA) is 104 Å². The van der Waals surface area contributed by atoms with Crippen molar-refractivity contribution >= 4 is 21.8 Å². The van der Waals surface area contributed by atoms with Gasteiger partial charge in [-0.1, -0.05) is 13.0 Å². The van der Waals surface area contributed by atoms with Gasteiger partial charge in [0.15, 0.2) is 5.78 Å². The van der Waals surface area contributed by atoms with E-state index in [1.165, 1.54) is 6.07 Å². The molecule has 7 nitrogen and oxygen atoms in total. The highest BCUT2D eigenvalue weighted by atomic mass is 32.2. The molecule has 0 aromatic heterocycles. The van der Waals surface area contributed by atoms with Gasteiger partial charge in [-0.25, -0.2) is 13.1 Å². The lowest BCUT2D eigenvalue weighted by atomic mass is 9.86. The number of hydrogen-bond donors (Lipinski definition) is 2. The summed E-state index contributed by atoms with van der Waals surface area (Å²) >= 11 is 0. The van der Waals surface area contributed by atoms with Crippen molar-refractivity contribution < 1.29 is 23.1 Å². The molecule has 0 atom stereocenters. The van der Waals surface area contributed by atoms with Crippen LogP contribution in [0.15, 0.2) is 23.1 Å². The molecule has 2 N–H and O–H groups in total. The Morgan fingerprint density at radius 3 is 2.69 bits per heavy atom. The lowest BCUT2D eigenvalue weighted by molar-refractivity contribution is -0.139. The molecule has 0 unspecified atom stereocenters. The van der Waals surface area contributed by atoms with Gasteiger partial charge in [-0.05, 0) is 49.9 Å². The van der Waals surface area contributed by atoms with E-state index in [0.717, 1.165) is 18.4 Å². The SMILES string of the molecule is CCN(CC(=O)O)C1CC(NS(=O)(=O)c2ccc3c(c2)C(=O)CCC3)C1. The van der Waals surface area contributed by atoms with Gasteiger partial charge in [0, 0.05) is 24.1 Å². The van der Waals surface area contributed by atoms with Crippen molar-refractivity contribution in [2.24, 2.45) is 0 Å². The van der Waals surface area contributed by atoms with Gasteiger partial charge in [0.25, 0.3) is 0 Å². The summed E-state index contributed by atoms with van der Waals surface area (Å²) in [5, 5.41) is 8.92. The van der Waals surface area contributed by atoms with E-state index in [-0.39, 0.29) is 29.3 Å². The number of ketones is 1. The lowest BCUT2D eigenvalue weighted by Gasteiger charge is -2.42. The van der Waals surface area contributed by atoms with E-state index in [4.69, 9.17) is 5.11 Å². The summed E-state index contributed by atoms with van der Waals surface area (Å²) in [6, 6.07) is 4.64. The Morgan fingerprint density at radius 2 is 2.04 bits per heavy atom. The molecule has 2 aliphatic carbocycles. The highest BCUT2D eigenvalue weighted by Crippen LogP contribution is 2.28. The maximum atomic E-state index is 12.6. The van der Waals surface area contributed by atoms with Gasteiger partial charge in [-0.15, -0.1) is 0 Å². The summed E-state index contributed by atoms with van der Waals surface area (Å²) in [6.07, 6.45) is 3.25. The van der Waals surface area contributed by atoms with E-state index in [9.17, 15) is 18.0 Å². The number of carbonyl (C=O) groups excluding carboxylic acids is 1. The first kappa shape index (κ1) is 19.0. The van der Waals surface area contributed by atoms with Crippen LogP contribution < -0.4 is 4.72 Å². The van der Waals surface area contributed by atoms with Gasteiger partial charge in [-0.2, -0.15) is 0 Å². The molecule has 0 aliphatic heterocycles. The predicted octanol–water partition coefficient (Wildman–Crippen LogP) is 1.42. The summed E-state index contributed by atoms with van der Waals surface area (Å²) < 4.78 is 27.9. The Kier molecular flexibility index (Phi) is 5.45.